The summed E-state index contributed by atoms with van der Waals surface area (Å²) in [6.07, 6.45) is 8.40. The van der Waals surface area contributed by atoms with E-state index in [9.17, 15) is 0 Å². The van der Waals surface area contributed by atoms with Crippen molar-refractivity contribution in [3.8, 4) is 12.8 Å². The van der Waals surface area contributed by atoms with Crippen LogP contribution in [0.4, 0.5) is 0 Å². The number of terminal acetylenes is 1. The summed E-state index contributed by atoms with van der Waals surface area (Å²) in [4.78, 5) is 0. The summed E-state index contributed by atoms with van der Waals surface area (Å²) in [6, 6.07) is 0. The minimum atomic E-state index is 1.32. The van der Waals surface area contributed by atoms with Crippen molar-refractivity contribution in [2.45, 2.75) is 54.4 Å². The molecule has 0 N–H and O–H groups in total. The smallest absolute Gasteiger partial charge is 0.124 e. The van der Waals surface area contributed by atoms with Gasteiger partial charge in [-0.15, -0.1) is 12.8 Å². The molecule has 0 saturated carbocycles. The van der Waals surface area contributed by atoms with Crippen LogP contribution in [0.5, 0.6) is 0 Å². The molecule has 0 heteroatoms. The van der Waals surface area contributed by atoms with E-state index >= 15 is 0 Å². The lowest BCUT2D eigenvalue weighted by atomic mass is 10.4. The van der Waals surface area contributed by atoms with Crippen molar-refractivity contribution in [3.05, 3.63) is 0 Å². The van der Waals surface area contributed by atoms with Gasteiger partial charge in [-0.3, -0.25) is 0 Å². The molecule has 0 heterocycles. The van der Waals surface area contributed by atoms with E-state index in [1.165, 1.54) is 19.2 Å². The summed E-state index contributed by atoms with van der Waals surface area (Å²) in [5.41, 5.74) is 0. The van der Waals surface area contributed by atoms with Crippen molar-refractivity contribution in [3.63, 3.8) is 0 Å². The third kappa shape index (κ3) is 1040. The van der Waals surface area contributed by atoms with Gasteiger partial charge in [-0.2, -0.15) is 0 Å². The quantitative estimate of drug-likeness (QED) is 0.488. The van der Waals surface area contributed by atoms with Crippen LogP contribution in [-0.4, -0.2) is 0 Å². The Balaban J connectivity index is -0.0000000315. The van der Waals surface area contributed by atoms with Crippen molar-refractivity contribution >= 4 is 0 Å². The summed E-state index contributed by atoms with van der Waals surface area (Å²) >= 11 is 0. The Morgan fingerprint density at radius 2 is 1.10 bits per heavy atom. The van der Waals surface area contributed by atoms with Crippen molar-refractivity contribution in [2.24, 2.45) is 0 Å². The number of rotatable bonds is 1. The zero-order valence-electron chi connectivity index (χ0n) is 9.49. The second kappa shape index (κ2) is 201. The van der Waals surface area contributed by atoms with E-state index in [-0.39, 0.29) is 0 Å². The zero-order chi connectivity index (χ0) is 10.1. The molecule has 0 aromatic heterocycles. The van der Waals surface area contributed by atoms with Gasteiger partial charge < -0.3 is 0 Å². The topological polar surface area (TPSA) is 0 Å². The maximum absolute atomic E-state index is 5.74. The Morgan fingerprint density at radius 1 is 1.00 bits per heavy atom. The first-order chi connectivity index (χ1) is 5.33. The van der Waals surface area contributed by atoms with Crippen LogP contribution in [0.25, 0.3) is 0 Å². The molecule has 0 amide bonds. The highest BCUT2D eigenvalue weighted by Crippen LogP contribution is 1.76. The molecule has 0 rings (SSSR count). The van der Waals surface area contributed by atoms with Crippen LogP contribution in [0.1, 0.15) is 55.8 Å². The molecule has 0 atom stereocenters. The van der Waals surface area contributed by atoms with Gasteiger partial charge in [-0.25, -0.2) is 0 Å². The molecular formula is C10H24. The summed E-state index contributed by atoms with van der Waals surface area (Å²) in [5.74, 6) is 0. The van der Waals surface area contributed by atoms with Gasteiger partial charge in [0.1, 0.15) is 1.37 Å². The van der Waals surface area contributed by atoms with Gasteiger partial charge in [0, 0.05) is 0 Å². The molecule has 0 unspecified atom stereocenters. The summed E-state index contributed by atoms with van der Waals surface area (Å²) in [5, 5.41) is 0. The molecule has 0 spiro atoms. The Kier molecular flexibility index (Phi) is 327. The van der Waals surface area contributed by atoms with Gasteiger partial charge in [0.2, 0.25) is 0 Å². The van der Waals surface area contributed by atoms with Gasteiger partial charge >= 0.3 is 0 Å². The van der Waals surface area contributed by atoms with Crippen LogP contribution in [0.3, 0.4) is 0 Å². The van der Waals surface area contributed by atoms with Crippen LogP contribution in [0, 0.1) is 12.8 Å². The van der Waals surface area contributed by atoms with Crippen molar-refractivity contribution in [1.82, 2.24) is 0 Å². The van der Waals surface area contributed by atoms with E-state index in [1.54, 1.807) is 0 Å². The Bertz CT molecular complexity index is 41.3. The summed E-state index contributed by atoms with van der Waals surface area (Å²) in [6.45, 7) is 12.4. The van der Waals surface area contributed by atoms with Gasteiger partial charge in [-0.05, 0) is 0 Å². The lowest BCUT2D eigenvalue weighted by Gasteiger charge is -1.68. The Morgan fingerprint density at radius 3 is 1.10 bits per heavy atom. The van der Waals surface area contributed by atoms with Gasteiger partial charge in [0.25, 0.3) is 0 Å². The molecule has 0 nitrogen and oxygen atoms in total. The van der Waals surface area contributed by atoms with Crippen LogP contribution in [0.15, 0.2) is 0 Å². The Hall–Kier alpha value is -0.440. The van der Waals surface area contributed by atoms with E-state index in [2.05, 4.69) is 20.3 Å². The fraction of sp³-hybridized carbons (Fsp3) is 0.800. The summed E-state index contributed by atoms with van der Waals surface area (Å²) in [7, 11) is 0. The molecule has 0 aliphatic rings. The van der Waals surface area contributed by atoms with Crippen LogP contribution >= 0.6 is 0 Å². The maximum Gasteiger partial charge on any atom is 0.124 e. The van der Waals surface area contributed by atoms with Crippen molar-refractivity contribution in [2.75, 3.05) is 0 Å². The minimum absolute atomic E-state index is 1.32. The fourth-order valence-corrected chi connectivity index (χ4v) is 0. The molecule has 0 radical (unpaired) electrons. The monoisotopic (exact) mass is 146 g/mol. The molecule has 0 aliphatic carbocycles. The average molecular weight is 146 g/mol. The second-order valence-corrected chi connectivity index (χ2v) is 1.000. The standard InChI is InChI=1S/C4H10.2C2H6.C2H2/c1-3-4-2;3*1-2/h3-4H2,1-2H3;2*1-2H3;1-2H/i;;;1T. The molecule has 64 valence electrons. The average Bonchev–Trinajstić information content (AvgIpc) is 2.12. The lowest BCUT2D eigenvalue weighted by Crippen LogP contribution is -1.47. The highest BCUT2D eigenvalue weighted by Gasteiger charge is 1.56. The van der Waals surface area contributed by atoms with Crippen molar-refractivity contribution < 1.29 is 1.37 Å². The first-order valence-corrected chi connectivity index (χ1v) is 4.20. The molecule has 0 bridgehead atoms. The maximum atomic E-state index is 5.74. The number of hydrogen-bond acceptors (Lipinski definition) is 0. The molecule has 0 saturated heterocycles. The minimum Gasteiger partial charge on any atom is -0.124 e. The van der Waals surface area contributed by atoms with E-state index in [1.807, 2.05) is 27.7 Å². The molecule has 0 fully saturated rings. The largest absolute Gasteiger partial charge is 0.124 e. The van der Waals surface area contributed by atoms with Crippen molar-refractivity contribution in [1.29, 1.82) is 0 Å². The number of unbranched alkanes of at least 4 members (excludes halogenated alkanes) is 1. The predicted molar refractivity (Wildman–Crippen MR) is 53.2 cm³/mol. The molecule has 10 heavy (non-hydrogen) atoms. The highest BCUT2D eigenvalue weighted by atomic mass is 13.6. The molecule has 0 aromatic rings. The molecular weight excluding hydrogens is 120 g/mol. The first-order valence-electron chi connectivity index (χ1n) is 4.70. The second-order valence-electron chi connectivity index (χ2n) is 1.000. The van der Waals surface area contributed by atoms with Crippen LogP contribution in [0.2, 0.25) is 0 Å². The zero-order valence-corrected chi connectivity index (χ0v) is 8.49. The normalized spacial score (nSPS) is 5.10. The Labute approximate surface area is 69.4 Å². The van der Waals surface area contributed by atoms with Gasteiger partial charge in [-0.1, -0.05) is 54.4 Å². The molecule has 0 aliphatic heterocycles. The van der Waals surface area contributed by atoms with Gasteiger partial charge in [0.15, 0.2) is 0 Å². The van der Waals surface area contributed by atoms with Gasteiger partial charge in [0.05, 0.1) is 0 Å². The van der Waals surface area contributed by atoms with E-state index < -0.39 is 0 Å². The molecule has 0 aromatic carbocycles. The third-order valence-corrected chi connectivity index (χ3v) is 0.500. The lowest BCUT2D eigenvalue weighted by molar-refractivity contribution is 0.886. The van der Waals surface area contributed by atoms with Crippen LogP contribution in [-0.2, 0) is 0 Å². The fourth-order valence-electron chi connectivity index (χ4n) is 0. The SMILES string of the molecule is CC.CC.CCCC.[3H]C#C. The van der Waals surface area contributed by atoms with E-state index in [0.29, 0.717) is 0 Å². The summed E-state index contributed by atoms with van der Waals surface area (Å²) < 4.78 is 5.74. The van der Waals surface area contributed by atoms with E-state index in [4.69, 9.17) is 1.37 Å². The predicted octanol–water partition coefficient (Wildman–Crippen LogP) is 4.11. The third-order valence-electron chi connectivity index (χ3n) is 0.500. The first kappa shape index (κ1) is 16.3. The van der Waals surface area contributed by atoms with E-state index in [0.717, 1.165) is 0 Å². The number of hydrogen-bond donors (Lipinski definition) is 0. The highest BCUT2D eigenvalue weighted by molar-refractivity contribution is 4.47. The van der Waals surface area contributed by atoms with Crippen LogP contribution < -0.4 is 0 Å².